The first-order chi connectivity index (χ1) is 12.6. The highest BCUT2D eigenvalue weighted by atomic mass is 16.5. The fourth-order valence-electron chi connectivity index (χ4n) is 3.96. The first-order valence-corrected chi connectivity index (χ1v) is 9.09. The Balaban J connectivity index is 1.47. The summed E-state index contributed by atoms with van der Waals surface area (Å²) in [6.07, 6.45) is 2.80. The van der Waals surface area contributed by atoms with Crippen molar-refractivity contribution in [2.45, 2.75) is 25.3 Å². The summed E-state index contributed by atoms with van der Waals surface area (Å²) in [6, 6.07) is 5.19. The van der Waals surface area contributed by atoms with Crippen LogP contribution in [0.3, 0.4) is 0 Å². The van der Waals surface area contributed by atoms with Gasteiger partial charge in [-0.3, -0.25) is 9.69 Å². The summed E-state index contributed by atoms with van der Waals surface area (Å²) in [5.41, 5.74) is 0.145. The Hall–Kier alpha value is -1.99. The van der Waals surface area contributed by atoms with Crippen LogP contribution in [0.15, 0.2) is 18.2 Å². The molecule has 1 aromatic carbocycles. The van der Waals surface area contributed by atoms with Gasteiger partial charge in [0.25, 0.3) is 0 Å². The molecule has 0 saturated carbocycles. The number of hydrogen-bond donors (Lipinski definition) is 2. The molecule has 3 rings (SSSR count). The van der Waals surface area contributed by atoms with Crippen LogP contribution in [-0.4, -0.2) is 69.0 Å². The van der Waals surface area contributed by atoms with E-state index in [1.807, 2.05) is 18.2 Å². The van der Waals surface area contributed by atoms with E-state index < -0.39 is 5.97 Å². The zero-order valence-electron chi connectivity index (χ0n) is 15.5. The van der Waals surface area contributed by atoms with E-state index in [0.29, 0.717) is 23.9 Å². The first kappa shape index (κ1) is 18.8. The van der Waals surface area contributed by atoms with Crippen molar-refractivity contribution < 1.29 is 24.1 Å². The van der Waals surface area contributed by atoms with Gasteiger partial charge in [0.15, 0.2) is 11.5 Å². The Morgan fingerprint density at radius 3 is 2.46 bits per heavy atom. The molecule has 7 heteroatoms. The number of benzene rings is 1. The van der Waals surface area contributed by atoms with Crippen LogP contribution in [0.25, 0.3) is 0 Å². The summed E-state index contributed by atoms with van der Waals surface area (Å²) in [6.45, 7) is 4.14. The van der Waals surface area contributed by atoms with Crippen LogP contribution in [0.4, 0.5) is 0 Å². The fourth-order valence-corrected chi connectivity index (χ4v) is 3.96. The van der Waals surface area contributed by atoms with Gasteiger partial charge >= 0.3 is 5.97 Å². The second kappa shape index (κ2) is 8.14. The molecule has 2 heterocycles. The Labute approximate surface area is 154 Å². The summed E-state index contributed by atoms with van der Waals surface area (Å²) in [7, 11) is 3.23. The molecule has 1 atom stereocenters. The standard InChI is InChI=1S/C19H28N2O5/c1-24-15-4-3-5-16(25-2)17(15)26-11-10-21-8-6-19(7-9-21)12-14(18(22)23)20-13-19/h3-5,14,20H,6-13H2,1-2H3,(H,22,23)/t14-/m0/s1. The second-order valence-corrected chi connectivity index (χ2v) is 7.16. The second-order valence-electron chi connectivity index (χ2n) is 7.16. The first-order valence-electron chi connectivity index (χ1n) is 9.09. The number of carboxylic acids is 1. The van der Waals surface area contributed by atoms with Gasteiger partial charge in [0.2, 0.25) is 5.75 Å². The van der Waals surface area contributed by atoms with Crippen molar-refractivity contribution in [2.24, 2.45) is 5.41 Å². The molecule has 2 aliphatic heterocycles. The van der Waals surface area contributed by atoms with E-state index in [2.05, 4.69) is 10.2 Å². The smallest absolute Gasteiger partial charge is 0.320 e. The normalized spacial score (nSPS) is 22.3. The largest absolute Gasteiger partial charge is 0.493 e. The molecular formula is C19H28N2O5. The van der Waals surface area contributed by atoms with Gasteiger partial charge in [0.1, 0.15) is 12.6 Å². The van der Waals surface area contributed by atoms with E-state index in [-0.39, 0.29) is 11.5 Å². The predicted molar refractivity (Wildman–Crippen MR) is 97.2 cm³/mol. The number of nitrogens with one attached hydrogen (secondary N) is 1. The highest BCUT2D eigenvalue weighted by Crippen LogP contribution is 2.39. The number of rotatable bonds is 7. The van der Waals surface area contributed by atoms with Gasteiger partial charge in [-0.2, -0.15) is 0 Å². The number of aliphatic carboxylic acids is 1. The molecule has 2 saturated heterocycles. The minimum Gasteiger partial charge on any atom is -0.493 e. The number of nitrogens with zero attached hydrogens (tertiary/aromatic N) is 1. The molecule has 144 valence electrons. The lowest BCUT2D eigenvalue weighted by molar-refractivity contribution is -0.139. The van der Waals surface area contributed by atoms with Crippen LogP contribution >= 0.6 is 0 Å². The monoisotopic (exact) mass is 364 g/mol. The Morgan fingerprint density at radius 1 is 1.27 bits per heavy atom. The average molecular weight is 364 g/mol. The van der Waals surface area contributed by atoms with E-state index in [1.54, 1.807) is 14.2 Å². The van der Waals surface area contributed by atoms with Gasteiger partial charge in [-0.25, -0.2) is 0 Å². The van der Waals surface area contributed by atoms with Crippen LogP contribution in [0.2, 0.25) is 0 Å². The van der Waals surface area contributed by atoms with Crippen molar-refractivity contribution in [3.8, 4) is 17.2 Å². The van der Waals surface area contributed by atoms with Crippen LogP contribution in [0, 0.1) is 5.41 Å². The lowest BCUT2D eigenvalue weighted by atomic mass is 9.76. The van der Waals surface area contributed by atoms with Gasteiger partial charge in [-0.1, -0.05) is 6.07 Å². The molecule has 26 heavy (non-hydrogen) atoms. The lowest BCUT2D eigenvalue weighted by Gasteiger charge is -2.38. The summed E-state index contributed by atoms with van der Waals surface area (Å²) in [5, 5.41) is 12.3. The third kappa shape index (κ3) is 4.04. The number of carboxylic acid groups (broad SMARTS) is 1. The van der Waals surface area contributed by atoms with Crippen LogP contribution in [0.5, 0.6) is 17.2 Å². The number of carbonyl (C=O) groups is 1. The SMILES string of the molecule is COc1cccc(OC)c1OCCN1CCC2(CC1)CN[C@H](C(=O)O)C2. The summed E-state index contributed by atoms with van der Waals surface area (Å²) in [4.78, 5) is 13.5. The van der Waals surface area contributed by atoms with Gasteiger partial charge in [0.05, 0.1) is 14.2 Å². The molecule has 0 unspecified atom stereocenters. The lowest BCUT2D eigenvalue weighted by Crippen LogP contribution is -2.42. The summed E-state index contributed by atoms with van der Waals surface area (Å²) in [5.74, 6) is 1.23. The minimum atomic E-state index is -0.733. The maximum absolute atomic E-state index is 11.2. The summed E-state index contributed by atoms with van der Waals surface area (Å²) < 4.78 is 16.6. The van der Waals surface area contributed by atoms with Crippen molar-refractivity contribution >= 4 is 5.97 Å². The average Bonchev–Trinajstić information content (AvgIpc) is 3.07. The van der Waals surface area contributed by atoms with Crippen LogP contribution < -0.4 is 19.5 Å². The number of ether oxygens (including phenoxy) is 3. The molecular weight excluding hydrogens is 336 g/mol. The van der Waals surface area contributed by atoms with Crippen LogP contribution in [-0.2, 0) is 4.79 Å². The van der Waals surface area contributed by atoms with E-state index in [4.69, 9.17) is 14.2 Å². The highest BCUT2D eigenvalue weighted by molar-refractivity contribution is 5.74. The zero-order valence-corrected chi connectivity index (χ0v) is 15.5. The molecule has 0 amide bonds. The van der Waals surface area contributed by atoms with Crippen molar-refractivity contribution in [3.63, 3.8) is 0 Å². The maximum atomic E-state index is 11.2. The molecule has 0 radical (unpaired) electrons. The zero-order chi connectivity index (χ0) is 18.6. The van der Waals surface area contributed by atoms with Gasteiger partial charge in [-0.15, -0.1) is 0 Å². The Morgan fingerprint density at radius 2 is 1.92 bits per heavy atom. The predicted octanol–water partition coefficient (Wildman–Crippen LogP) is 1.61. The Bertz CT molecular complexity index is 606. The quantitative estimate of drug-likeness (QED) is 0.761. The number of para-hydroxylation sites is 1. The Kier molecular flexibility index (Phi) is 5.88. The number of methoxy groups -OCH3 is 2. The molecule has 1 aromatic rings. The van der Waals surface area contributed by atoms with Crippen molar-refractivity contribution in [3.05, 3.63) is 18.2 Å². The van der Waals surface area contributed by atoms with Crippen molar-refractivity contribution in [2.75, 3.05) is 47.0 Å². The van der Waals surface area contributed by atoms with E-state index in [1.165, 1.54) is 0 Å². The molecule has 0 bridgehead atoms. The molecule has 2 fully saturated rings. The highest BCUT2D eigenvalue weighted by Gasteiger charge is 2.43. The van der Waals surface area contributed by atoms with Gasteiger partial charge in [-0.05, 0) is 49.9 Å². The third-order valence-corrected chi connectivity index (χ3v) is 5.61. The fraction of sp³-hybridized carbons (Fsp3) is 0.632. The molecule has 7 nitrogen and oxygen atoms in total. The molecule has 2 N–H and O–H groups in total. The van der Waals surface area contributed by atoms with E-state index in [9.17, 15) is 9.90 Å². The number of piperidine rings is 1. The summed E-state index contributed by atoms with van der Waals surface area (Å²) >= 11 is 0. The van der Waals surface area contributed by atoms with Crippen LogP contribution in [0.1, 0.15) is 19.3 Å². The molecule has 2 aliphatic rings. The van der Waals surface area contributed by atoms with E-state index >= 15 is 0 Å². The van der Waals surface area contributed by atoms with Crippen molar-refractivity contribution in [1.82, 2.24) is 10.2 Å². The third-order valence-electron chi connectivity index (χ3n) is 5.61. The number of likely N-dealkylation sites (tertiary alicyclic amines) is 1. The topological polar surface area (TPSA) is 80.3 Å². The maximum Gasteiger partial charge on any atom is 0.320 e. The molecule has 0 aromatic heterocycles. The number of hydrogen-bond acceptors (Lipinski definition) is 6. The molecule has 0 aliphatic carbocycles. The minimum absolute atomic E-state index is 0.145. The van der Waals surface area contributed by atoms with Gasteiger partial charge < -0.3 is 24.6 Å². The van der Waals surface area contributed by atoms with Gasteiger partial charge in [0, 0.05) is 13.1 Å². The van der Waals surface area contributed by atoms with Crippen molar-refractivity contribution in [1.29, 1.82) is 0 Å². The molecule has 1 spiro atoms. The van der Waals surface area contributed by atoms with E-state index in [0.717, 1.165) is 45.4 Å².